The van der Waals surface area contributed by atoms with Gasteiger partial charge in [-0.2, -0.15) is 5.10 Å². The van der Waals surface area contributed by atoms with Crippen molar-refractivity contribution < 1.29 is 4.39 Å². The number of halogens is 1. The van der Waals surface area contributed by atoms with Crippen molar-refractivity contribution in [1.82, 2.24) is 9.78 Å². The van der Waals surface area contributed by atoms with E-state index in [0.29, 0.717) is 0 Å². The molecule has 0 spiro atoms. The molecular formula is C17H22FN3. The first-order valence-corrected chi connectivity index (χ1v) is 7.14. The molecule has 1 aromatic carbocycles. The normalized spacial score (nSPS) is 12.0. The predicted molar refractivity (Wildman–Crippen MR) is 83.9 cm³/mol. The van der Waals surface area contributed by atoms with E-state index in [0.717, 1.165) is 17.8 Å². The minimum atomic E-state index is -0.245. The van der Waals surface area contributed by atoms with Gasteiger partial charge in [0.25, 0.3) is 0 Å². The maximum absolute atomic E-state index is 13.6. The van der Waals surface area contributed by atoms with E-state index in [9.17, 15) is 4.39 Å². The SMILES string of the molecule is Cc1ccc(Cc2c(C)nn(C/C(F)=C/CN)c2C)cc1. The topological polar surface area (TPSA) is 43.8 Å². The Kier molecular flexibility index (Phi) is 4.91. The van der Waals surface area contributed by atoms with Gasteiger partial charge in [0.05, 0.1) is 12.2 Å². The second kappa shape index (κ2) is 6.68. The van der Waals surface area contributed by atoms with Crippen LogP contribution >= 0.6 is 0 Å². The number of benzene rings is 1. The van der Waals surface area contributed by atoms with E-state index in [1.165, 1.54) is 22.8 Å². The minimum Gasteiger partial charge on any atom is -0.327 e. The van der Waals surface area contributed by atoms with Gasteiger partial charge in [-0.3, -0.25) is 4.68 Å². The van der Waals surface area contributed by atoms with Gasteiger partial charge >= 0.3 is 0 Å². The molecule has 0 aliphatic heterocycles. The van der Waals surface area contributed by atoms with E-state index < -0.39 is 0 Å². The average Bonchev–Trinajstić information content (AvgIpc) is 2.69. The van der Waals surface area contributed by atoms with Crippen molar-refractivity contribution in [3.63, 3.8) is 0 Å². The molecule has 0 bridgehead atoms. The highest BCUT2D eigenvalue weighted by Crippen LogP contribution is 2.19. The first-order chi connectivity index (χ1) is 10.0. The molecule has 2 aromatic rings. The van der Waals surface area contributed by atoms with Gasteiger partial charge in [0, 0.05) is 24.2 Å². The van der Waals surface area contributed by atoms with E-state index >= 15 is 0 Å². The molecule has 1 heterocycles. The molecule has 0 aliphatic carbocycles. The Labute approximate surface area is 125 Å². The van der Waals surface area contributed by atoms with Crippen LogP contribution in [0.1, 0.15) is 28.1 Å². The van der Waals surface area contributed by atoms with Crippen LogP contribution in [0.3, 0.4) is 0 Å². The monoisotopic (exact) mass is 287 g/mol. The second-order valence-electron chi connectivity index (χ2n) is 5.36. The third-order valence-corrected chi connectivity index (χ3v) is 3.67. The summed E-state index contributed by atoms with van der Waals surface area (Å²) in [6, 6.07) is 8.46. The molecule has 21 heavy (non-hydrogen) atoms. The van der Waals surface area contributed by atoms with Crippen molar-refractivity contribution >= 4 is 0 Å². The van der Waals surface area contributed by atoms with Crippen molar-refractivity contribution in [3.05, 3.63) is 64.2 Å². The largest absolute Gasteiger partial charge is 0.327 e. The lowest BCUT2D eigenvalue weighted by molar-refractivity contribution is 0.517. The fourth-order valence-corrected chi connectivity index (χ4v) is 2.39. The Hall–Kier alpha value is -1.94. The van der Waals surface area contributed by atoms with Crippen molar-refractivity contribution in [2.45, 2.75) is 33.7 Å². The quantitative estimate of drug-likeness (QED) is 0.917. The molecule has 3 nitrogen and oxygen atoms in total. The first kappa shape index (κ1) is 15.4. The number of rotatable bonds is 5. The van der Waals surface area contributed by atoms with Crippen molar-refractivity contribution in [1.29, 1.82) is 0 Å². The summed E-state index contributed by atoms with van der Waals surface area (Å²) in [6.45, 7) is 6.39. The average molecular weight is 287 g/mol. The lowest BCUT2D eigenvalue weighted by atomic mass is 10.0. The Morgan fingerprint density at radius 2 is 1.90 bits per heavy atom. The number of aromatic nitrogens is 2. The first-order valence-electron chi connectivity index (χ1n) is 7.14. The maximum Gasteiger partial charge on any atom is 0.119 e. The second-order valence-corrected chi connectivity index (χ2v) is 5.36. The molecule has 0 unspecified atom stereocenters. The lowest BCUT2D eigenvalue weighted by Gasteiger charge is -2.05. The van der Waals surface area contributed by atoms with Gasteiger partial charge in [0.15, 0.2) is 0 Å². The third-order valence-electron chi connectivity index (χ3n) is 3.67. The zero-order chi connectivity index (χ0) is 15.4. The van der Waals surface area contributed by atoms with Gasteiger partial charge < -0.3 is 5.73 Å². The van der Waals surface area contributed by atoms with E-state index in [1.807, 2.05) is 13.8 Å². The highest BCUT2D eigenvalue weighted by atomic mass is 19.1. The lowest BCUT2D eigenvalue weighted by Crippen LogP contribution is -2.05. The molecule has 0 saturated carbocycles. The summed E-state index contributed by atoms with van der Waals surface area (Å²) in [6.07, 6.45) is 2.20. The van der Waals surface area contributed by atoms with Gasteiger partial charge in [-0.25, -0.2) is 4.39 Å². The van der Waals surface area contributed by atoms with Crippen LogP contribution in [-0.2, 0) is 13.0 Å². The van der Waals surface area contributed by atoms with Gasteiger partial charge in [-0.05, 0) is 32.4 Å². The molecule has 0 radical (unpaired) electrons. The number of nitrogens with zero attached hydrogens (tertiary/aromatic N) is 2. The zero-order valence-corrected chi connectivity index (χ0v) is 12.9. The van der Waals surface area contributed by atoms with Gasteiger partial charge in [-0.15, -0.1) is 0 Å². The van der Waals surface area contributed by atoms with Crippen LogP contribution in [0.4, 0.5) is 4.39 Å². The fourth-order valence-electron chi connectivity index (χ4n) is 2.39. The summed E-state index contributed by atoms with van der Waals surface area (Å²) in [5, 5.41) is 4.44. The molecule has 0 amide bonds. The minimum absolute atomic E-state index is 0.151. The number of nitrogens with two attached hydrogens (primary N) is 1. The summed E-state index contributed by atoms with van der Waals surface area (Å²) in [7, 11) is 0. The highest BCUT2D eigenvalue weighted by Gasteiger charge is 2.12. The number of aryl methyl sites for hydroxylation is 2. The van der Waals surface area contributed by atoms with Crippen molar-refractivity contribution in [2.24, 2.45) is 5.73 Å². The van der Waals surface area contributed by atoms with Crippen LogP contribution in [-0.4, -0.2) is 16.3 Å². The number of hydrogen-bond donors (Lipinski definition) is 1. The summed E-state index contributed by atoms with van der Waals surface area (Å²) >= 11 is 0. The summed E-state index contributed by atoms with van der Waals surface area (Å²) in [5.41, 5.74) is 10.9. The van der Waals surface area contributed by atoms with Gasteiger partial charge in [0.1, 0.15) is 5.83 Å². The third kappa shape index (κ3) is 3.79. The van der Waals surface area contributed by atoms with E-state index in [-0.39, 0.29) is 18.9 Å². The van der Waals surface area contributed by atoms with E-state index in [2.05, 4.69) is 36.3 Å². The molecular weight excluding hydrogens is 265 g/mol. The molecule has 0 fully saturated rings. The van der Waals surface area contributed by atoms with E-state index in [4.69, 9.17) is 5.73 Å². The Balaban J connectivity index is 2.23. The van der Waals surface area contributed by atoms with Crippen molar-refractivity contribution in [2.75, 3.05) is 6.54 Å². The molecule has 0 aliphatic rings. The molecule has 2 rings (SSSR count). The summed E-state index contributed by atoms with van der Waals surface area (Å²) < 4.78 is 15.3. The fraction of sp³-hybridized carbons (Fsp3) is 0.353. The highest BCUT2D eigenvalue weighted by molar-refractivity contribution is 5.33. The number of allylic oxidation sites excluding steroid dienone is 1. The van der Waals surface area contributed by atoms with Crippen molar-refractivity contribution in [3.8, 4) is 0 Å². The van der Waals surface area contributed by atoms with E-state index in [1.54, 1.807) is 4.68 Å². The molecule has 0 saturated heterocycles. The summed E-state index contributed by atoms with van der Waals surface area (Å²) in [5.74, 6) is -0.245. The Morgan fingerprint density at radius 3 is 2.52 bits per heavy atom. The van der Waals surface area contributed by atoms with Gasteiger partial charge in [0.2, 0.25) is 0 Å². The van der Waals surface area contributed by atoms with Crippen LogP contribution in [0.15, 0.2) is 36.2 Å². The molecule has 0 atom stereocenters. The van der Waals surface area contributed by atoms with Crippen LogP contribution in [0, 0.1) is 20.8 Å². The van der Waals surface area contributed by atoms with Crippen LogP contribution < -0.4 is 5.73 Å². The summed E-state index contributed by atoms with van der Waals surface area (Å²) in [4.78, 5) is 0. The molecule has 1 aromatic heterocycles. The van der Waals surface area contributed by atoms with Crippen LogP contribution in [0.5, 0.6) is 0 Å². The van der Waals surface area contributed by atoms with Crippen LogP contribution in [0.25, 0.3) is 0 Å². The Bertz CT molecular complexity index is 639. The number of hydrogen-bond acceptors (Lipinski definition) is 2. The predicted octanol–water partition coefficient (Wildman–Crippen LogP) is 3.21. The standard InChI is InChI=1S/C17H22FN3/c1-12-4-6-15(7-5-12)10-17-13(2)20-21(14(17)3)11-16(18)8-9-19/h4-8H,9-11,19H2,1-3H3/b16-8-. The maximum atomic E-state index is 13.6. The van der Waals surface area contributed by atoms with Gasteiger partial charge in [-0.1, -0.05) is 29.8 Å². The smallest absolute Gasteiger partial charge is 0.119 e. The Morgan fingerprint density at radius 1 is 1.24 bits per heavy atom. The van der Waals surface area contributed by atoms with Crippen LogP contribution in [0.2, 0.25) is 0 Å². The molecule has 112 valence electrons. The molecule has 2 N–H and O–H groups in total. The zero-order valence-electron chi connectivity index (χ0n) is 12.9. The molecule has 4 heteroatoms.